The summed E-state index contributed by atoms with van der Waals surface area (Å²) < 4.78 is 0. The van der Waals surface area contributed by atoms with E-state index >= 15 is 0 Å². The lowest BCUT2D eigenvalue weighted by molar-refractivity contribution is -0.147. The van der Waals surface area contributed by atoms with Crippen molar-refractivity contribution in [2.24, 2.45) is 11.1 Å². The third-order valence-corrected chi connectivity index (χ3v) is 3.24. The van der Waals surface area contributed by atoms with E-state index in [0.29, 0.717) is 6.42 Å². The van der Waals surface area contributed by atoms with Crippen molar-refractivity contribution in [1.82, 2.24) is 0 Å². The van der Waals surface area contributed by atoms with Gasteiger partial charge >= 0.3 is 5.97 Å². The molecule has 4 heteroatoms. The lowest BCUT2D eigenvalue weighted by Crippen LogP contribution is -2.36. The van der Waals surface area contributed by atoms with Crippen molar-refractivity contribution < 1.29 is 9.90 Å². The van der Waals surface area contributed by atoms with Gasteiger partial charge in [0.25, 0.3) is 0 Å². The second-order valence-electron chi connectivity index (χ2n) is 3.70. The molecule has 0 fully saturated rings. The van der Waals surface area contributed by atoms with Crippen LogP contribution in [0.5, 0.6) is 0 Å². The Bertz CT molecular complexity index is 297. The highest BCUT2D eigenvalue weighted by Crippen LogP contribution is 2.23. The average Bonchev–Trinajstić information content (AvgIpc) is 2.66. The first kappa shape index (κ1) is 11.2. The van der Waals surface area contributed by atoms with E-state index in [1.165, 1.54) is 5.56 Å². The molecule has 0 radical (unpaired) electrons. The first-order chi connectivity index (χ1) is 6.58. The van der Waals surface area contributed by atoms with Crippen LogP contribution in [0.2, 0.25) is 0 Å². The molecule has 3 N–H and O–H groups in total. The van der Waals surface area contributed by atoms with Crippen LogP contribution >= 0.6 is 11.3 Å². The number of nitrogens with two attached hydrogens (primary N) is 1. The molecule has 78 valence electrons. The van der Waals surface area contributed by atoms with Gasteiger partial charge in [-0.05, 0) is 42.2 Å². The Morgan fingerprint density at radius 3 is 2.86 bits per heavy atom. The minimum absolute atomic E-state index is 0.187. The minimum Gasteiger partial charge on any atom is -0.481 e. The second-order valence-corrected chi connectivity index (χ2v) is 4.48. The van der Waals surface area contributed by atoms with Crippen molar-refractivity contribution in [3.63, 3.8) is 0 Å². The van der Waals surface area contributed by atoms with E-state index in [1.807, 2.05) is 16.8 Å². The molecule has 0 amide bonds. The predicted octanol–water partition coefficient (Wildman–Crippen LogP) is 1.73. The number of carbonyl (C=O) groups is 1. The molecule has 3 nitrogen and oxygen atoms in total. The van der Waals surface area contributed by atoms with Crippen LogP contribution < -0.4 is 5.73 Å². The van der Waals surface area contributed by atoms with Gasteiger partial charge in [-0.15, -0.1) is 0 Å². The van der Waals surface area contributed by atoms with Crippen LogP contribution in [0.15, 0.2) is 16.8 Å². The summed E-state index contributed by atoms with van der Waals surface area (Å²) in [5, 5.41) is 13.0. The fraction of sp³-hybridized carbons (Fsp3) is 0.500. The maximum Gasteiger partial charge on any atom is 0.310 e. The number of thiophene rings is 1. The summed E-state index contributed by atoms with van der Waals surface area (Å²) >= 11 is 1.63. The van der Waals surface area contributed by atoms with Gasteiger partial charge in [0, 0.05) is 6.54 Å². The van der Waals surface area contributed by atoms with E-state index in [0.717, 1.165) is 6.42 Å². The lowest BCUT2D eigenvalue weighted by atomic mass is 9.85. The Morgan fingerprint density at radius 2 is 2.43 bits per heavy atom. The summed E-state index contributed by atoms with van der Waals surface area (Å²) in [6.45, 7) is 1.88. The molecule has 1 unspecified atom stereocenters. The van der Waals surface area contributed by atoms with E-state index < -0.39 is 11.4 Å². The van der Waals surface area contributed by atoms with Gasteiger partial charge in [0.15, 0.2) is 0 Å². The molecule has 0 aromatic carbocycles. The van der Waals surface area contributed by atoms with E-state index in [4.69, 9.17) is 10.8 Å². The molecule has 0 saturated heterocycles. The van der Waals surface area contributed by atoms with Crippen molar-refractivity contribution in [2.45, 2.75) is 19.8 Å². The standard InChI is InChI=1S/C10H15NO2S/c1-10(7-11,9(12)13)4-2-8-3-5-14-6-8/h3,5-6H,2,4,7,11H2,1H3,(H,12,13). The molecule has 0 bridgehead atoms. The van der Waals surface area contributed by atoms with Crippen molar-refractivity contribution in [3.8, 4) is 0 Å². The number of carboxylic acids is 1. The Labute approximate surface area is 87.6 Å². The van der Waals surface area contributed by atoms with Gasteiger partial charge in [0.05, 0.1) is 5.41 Å². The zero-order valence-electron chi connectivity index (χ0n) is 8.19. The zero-order chi connectivity index (χ0) is 10.6. The fourth-order valence-corrected chi connectivity index (χ4v) is 1.85. The van der Waals surface area contributed by atoms with Gasteiger partial charge in [0.1, 0.15) is 0 Å². The molecule has 0 saturated carbocycles. The number of rotatable bonds is 5. The molecule has 1 atom stereocenters. The molecule has 14 heavy (non-hydrogen) atoms. The van der Waals surface area contributed by atoms with Gasteiger partial charge in [-0.1, -0.05) is 0 Å². The Hall–Kier alpha value is -0.870. The Kier molecular flexibility index (Phi) is 3.66. The third kappa shape index (κ3) is 2.56. The average molecular weight is 213 g/mol. The molecule has 0 aliphatic heterocycles. The number of carboxylic acid groups (broad SMARTS) is 1. The quantitative estimate of drug-likeness (QED) is 0.783. The van der Waals surface area contributed by atoms with Crippen LogP contribution in [0.4, 0.5) is 0 Å². The first-order valence-electron chi connectivity index (χ1n) is 4.53. The van der Waals surface area contributed by atoms with E-state index in [1.54, 1.807) is 18.3 Å². The van der Waals surface area contributed by atoms with Crippen molar-refractivity contribution in [1.29, 1.82) is 0 Å². The lowest BCUT2D eigenvalue weighted by Gasteiger charge is -2.22. The third-order valence-electron chi connectivity index (χ3n) is 2.51. The highest BCUT2D eigenvalue weighted by Gasteiger charge is 2.30. The van der Waals surface area contributed by atoms with Crippen LogP contribution in [0, 0.1) is 5.41 Å². The largest absolute Gasteiger partial charge is 0.481 e. The Morgan fingerprint density at radius 1 is 1.71 bits per heavy atom. The van der Waals surface area contributed by atoms with E-state index in [9.17, 15) is 4.79 Å². The van der Waals surface area contributed by atoms with Crippen LogP contribution in [0.1, 0.15) is 18.9 Å². The monoisotopic (exact) mass is 213 g/mol. The second kappa shape index (κ2) is 4.57. The summed E-state index contributed by atoms with van der Waals surface area (Å²) in [6, 6.07) is 2.02. The molecule has 1 aromatic rings. The zero-order valence-corrected chi connectivity index (χ0v) is 9.01. The molecule has 1 rings (SSSR count). The number of aryl methyl sites for hydroxylation is 1. The maximum absolute atomic E-state index is 10.9. The topological polar surface area (TPSA) is 63.3 Å². The molecular formula is C10H15NO2S. The van der Waals surface area contributed by atoms with Crippen LogP contribution in [-0.2, 0) is 11.2 Å². The maximum atomic E-state index is 10.9. The van der Waals surface area contributed by atoms with E-state index in [-0.39, 0.29) is 6.54 Å². The minimum atomic E-state index is -0.810. The van der Waals surface area contributed by atoms with E-state index in [2.05, 4.69) is 0 Å². The van der Waals surface area contributed by atoms with Gasteiger partial charge < -0.3 is 10.8 Å². The molecule has 0 aliphatic carbocycles. The van der Waals surface area contributed by atoms with Crippen molar-refractivity contribution in [3.05, 3.63) is 22.4 Å². The summed E-state index contributed by atoms with van der Waals surface area (Å²) in [5.41, 5.74) is 5.87. The molecule has 1 aromatic heterocycles. The van der Waals surface area contributed by atoms with Crippen LogP contribution in [0.25, 0.3) is 0 Å². The number of hydrogen-bond donors (Lipinski definition) is 2. The molecular weight excluding hydrogens is 198 g/mol. The van der Waals surface area contributed by atoms with Gasteiger partial charge in [-0.3, -0.25) is 4.79 Å². The van der Waals surface area contributed by atoms with Crippen molar-refractivity contribution >= 4 is 17.3 Å². The highest BCUT2D eigenvalue weighted by molar-refractivity contribution is 7.07. The molecule has 0 spiro atoms. The highest BCUT2D eigenvalue weighted by atomic mass is 32.1. The predicted molar refractivity (Wildman–Crippen MR) is 57.4 cm³/mol. The van der Waals surface area contributed by atoms with Crippen molar-refractivity contribution in [2.75, 3.05) is 6.54 Å². The fourth-order valence-electron chi connectivity index (χ4n) is 1.15. The smallest absolute Gasteiger partial charge is 0.310 e. The first-order valence-corrected chi connectivity index (χ1v) is 5.47. The summed E-state index contributed by atoms with van der Waals surface area (Å²) in [6.07, 6.45) is 1.37. The van der Waals surface area contributed by atoms with Gasteiger partial charge in [0.2, 0.25) is 0 Å². The molecule has 1 heterocycles. The van der Waals surface area contributed by atoms with Crippen LogP contribution in [-0.4, -0.2) is 17.6 Å². The summed E-state index contributed by atoms with van der Waals surface area (Å²) in [7, 11) is 0. The van der Waals surface area contributed by atoms with Crippen LogP contribution in [0.3, 0.4) is 0 Å². The number of aliphatic carboxylic acids is 1. The summed E-state index contributed by atoms with van der Waals surface area (Å²) in [5.74, 6) is -0.810. The molecule has 0 aliphatic rings. The summed E-state index contributed by atoms with van der Waals surface area (Å²) in [4.78, 5) is 10.9. The van der Waals surface area contributed by atoms with Gasteiger partial charge in [-0.25, -0.2) is 0 Å². The number of hydrogen-bond acceptors (Lipinski definition) is 3. The van der Waals surface area contributed by atoms with Gasteiger partial charge in [-0.2, -0.15) is 11.3 Å². The SMILES string of the molecule is CC(CN)(CCc1ccsc1)C(=O)O. The normalized spacial score (nSPS) is 15.0. The Balaban J connectivity index is 2.54.